The van der Waals surface area contributed by atoms with Crippen molar-refractivity contribution in [1.29, 1.82) is 0 Å². The van der Waals surface area contributed by atoms with Gasteiger partial charge in [0.1, 0.15) is 0 Å². The highest BCUT2D eigenvalue weighted by atomic mass is 32.2. The molecule has 0 aliphatic heterocycles. The van der Waals surface area contributed by atoms with Gasteiger partial charge in [0, 0.05) is 0 Å². The maximum Gasteiger partial charge on any atom is 0.334 e. The number of allylic oxidation sites excluding steroid dienone is 1. The monoisotopic (exact) mass is 252 g/mol. The van der Waals surface area contributed by atoms with Crippen LogP contribution in [0.4, 0.5) is 0 Å². The molecule has 0 fully saturated rings. The van der Waals surface area contributed by atoms with Crippen molar-refractivity contribution in [2.24, 2.45) is 0 Å². The van der Waals surface area contributed by atoms with Gasteiger partial charge in [-0.1, -0.05) is 12.5 Å². The summed E-state index contributed by atoms with van der Waals surface area (Å²) in [7, 11) is -2.90. The number of hydrogen-bond acceptors (Lipinski definition) is 4. The molecule has 0 radical (unpaired) electrons. The first-order chi connectivity index (χ1) is 7.08. The van der Waals surface area contributed by atoms with Crippen LogP contribution in [-0.4, -0.2) is 25.1 Å². The third-order valence-electron chi connectivity index (χ3n) is 1.55. The lowest BCUT2D eigenvalue weighted by Crippen LogP contribution is -2.00. The van der Waals surface area contributed by atoms with Gasteiger partial charge in [-0.25, -0.2) is 0 Å². The van der Waals surface area contributed by atoms with Crippen LogP contribution in [0.3, 0.4) is 0 Å². The third-order valence-corrected chi connectivity index (χ3v) is 4.64. The molecule has 0 aromatic heterocycles. The van der Waals surface area contributed by atoms with Crippen molar-refractivity contribution >= 4 is 19.4 Å². The van der Waals surface area contributed by atoms with Gasteiger partial charge in [0.25, 0.3) is 0 Å². The molecular formula is C10H21O3PS. The van der Waals surface area contributed by atoms with Gasteiger partial charge in [0.2, 0.25) is 0 Å². The lowest BCUT2D eigenvalue weighted by atomic mass is 10.4. The molecule has 90 valence electrons. The molecular weight excluding hydrogens is 231 g/mol. The molecule has 0 atom stereocenters. The van der Waals surface area contributed by atoms with Crippen molar-refractivity contribution in [3.8, 4) is 0 Å². The van der Waals surface area contributed by atoms with Gasteiger partial charge in [-0.05, 0) is 31.9 Å². The Morgan fingerprint density at radius 2 is 1.80 bits per heavy atom. The van der Waals surface area contributed by atoms with E-state index in [1.165, 1.54) is 0 Å². The normalized spacial score (nSPS) is 13.2. The van der Waals surface area contributed by atoms with Crippen LogP contribution < -0.4 is 0 Å². The van der Waals surface area contributed by atoms with Crippen molar-refractivity contribution in [3.05, 3.63) is 11.0 Å². The van der Waals surface area contributed by atoms with Crippen LogP contribution in [0, 0.1) is 0 Å². The molecule has 0 saturated heterocycles. The smallest absolute Gasteiger partial charge is 0.309 e. The van der Waals surface area contributed by atoms with E-state index >= 15 is 0 Å². The van der Waals surface area contributed by atoms with E-state index in [1.807, 2.05) is 26.2 Å². The van der Waals surface area contributed by atoms with Crippen molar-refractivity contribution in [1.82, 2.24) is 0 Å². The van der Waals surface area contributed by atoms with Gasteiger partial charge >= 0.3 is 7.60 Å². The highest BCUT2D eigenvalue weighted by Crippen LogP contribution is 2.49. The van der Waals surface area contributed by atoms with Gasteiger partial charge in [-0.3, -0.25) is 4.57 Å². The molecule has 0 aliphatic carbocycles. The van der Waals surface area contributed by atoms with Gasteiger partial charge in [0.05, 0.1) is 19.4 Å². The van der Waals surface area contributed by atoms with Crippen molar-refractivity contribution < 1.29 is 13.6 Å². The highest BCUT2D eigenvalue weighted by Gasteiger charge is 2.23. The Balaban J connectivity index is 4.33. The Labute approximate surface area is 97.1 Å². The molecule has 5 heteroatoms. The molecule has 15 heavy (non-hydrogen) atoms. The van der Waals surface area contributed by atoms with Gasteiger partial charge in [-0.15, -0.1) is 11.8 Å². The zero-order valence-electron chi connectivity index (χ0n) is 9.99. The first-order valence-electron chi connectivity index (χ1n) is 5.23. The summed E-state index contributed by atoms with van der Waals surface area (Å²) in [5.41, 5.74) is 1.05. The Morgan fingerprint density at radius 1 is 1.27 bits per heavy atom. The second-order valence-electron chi connectivity index (χ2n) is 3.02. The molecule has 3 nitrogen and oxygen atoms in total. The lowest BCUT2D eigenvalue weighted by Gasteiger charge is -2.16. The van der Waals surface area contributed by atoms with Crippen LogP contribution in [0.2, 0.25) is 0 Å². The number of thioether (sulfide) groups is 1. The molecule has 0 heterocycles. The molecule has 0 aromatic rings. The SMILES string of the molecule is CCOP(=O)(C/C(C)=C/SCC)OCC. The fourth-order valence-corrected chi connectivity index (χ4v) is 3.49. The van der Waals surface area contributed by atoms with Crippen LogP contribution in [0.15, 0.2) is 11.0 Å². The van der Waals surface area contributed by atoms with Crippen molar-refractivity contribution in [3.63, 3.8) is 0 Å². The zero-order valence-corrected chi connectivity index (χ0v) is 11.7. The standard InChI is InChI=1S/C10H21O3PS/c1-5-12-14(11,13-6-2)8-10(4)9-15-7-3/h9H,5-8H2,1-4H3/b10-9+. The quantitative estimate of drug-likeness (QED) is 0.613. The number of rotatable bonds is 8. The van der Waals surface area contributed by atoms with Crippen molar-refractivity contribution in [2.75, 3.05) is 25.1 Å². The summed E-state index contributed by atoms with van der Waals surface area (Å²) >= 11 is 1.70. The average Bonchev–Trinajstić information content (AvgIpc) is 2.15. The summed E-state index contributed by atoms with van der Waals surface area (Å²) in [4.78, 5) is 0. The van der Waals surface area contributed by atoms with Crippen LogP contribution in [0.5, 0.6) is 0 Å². The first kappa shape index (κ1) is 15.2. The van der Waals surface area contributed by atoms with Crippen LogP contribution >= 0.6 is 19.4 Å². The summed E-state index contributed by atoms with van der Waals surface area (Å²) in [5, 5.41) is 2.02. The van der Waals surface area contributed by atoms with E-state index in [2.05, 4.69) is 6.92 Å². The van der Waals surface area contributed by atoms with Crippen LogP contribution in [0.25, 0.3) is 0 Å². The molecule has 0 N–H and O–H groups in total. The van der Waals surface area contributed by atoms with E-state index < -0.39 is 7.60 Å². The number of hydrogen-bond donors (Lipinski definition) is 0. The summed E-state index contributed by atoms with van der Waals surface area (Å²) < 4.78 is 22.5. The second-order valence-corrected chi connectivity index (χ2v) is 6.22. The van der Waals surface area contributed by atoms with E-state index in [0.29, 0.717) is 19.4 Å². The molecule has 0 amide bonds. The summed E-state index contributed by atoms with van der Waals surface area (Å²) in [6, 6.07) is 0. The van der Waals surface area contributed by atoms with E-state index in [1.54, 1.807) is 11.8 Å². The minimum atomic E-state index is -2.90. The molecule has 0 aliphatic rings. The lowest BCUT2D eigenvalue weighted by molar-refractivity contribution is 0.222. The average molecular weight is 252 g/mol. The van der Waals surface area contributed by atoms with Gasteiger partial charge in [0.15, 0.2) is 0 Å². The van der Waals surface area contributed by atoms with Gasteiger partial charge in [-0.2, -0.15) is 0 Å². The predicted molar refractivity (Wildman–Crippen MR) is 67.6 cm³/mol. The summed E-state index contributed by atoms with van der Waals surface area (Å²) in [6.45, 7) is 8.53. The first-order valence-corrected chi connectivity index (χ1v) is 8.01. The van der Waals surface area contributed by atoms with Crippen molar-refractivity contribution in [2.45, 2.75) is 27.7 Å². The summed E-state index contributed by atoms with van der Waals surface area (Å²) in [6.07, 6.45) is 0.391. The molecule has 0 bridgehead atoms. The van der Waals surface area contributed by atoms with E-state index in [0.717, 1.165) is 11.3 Å². The Bertz CT molecular complexity index is 231. The Hall–Kier alpha value is 0.240. The van der Waals surface area contributed by atoms with Gasteiger partial charge < -0.3 is 9.05 Å². The molecule has 0 rings (SSSR count). The molecule has 0 aromatic carbocycles. The summed E-state index contributed by atoms with van der Waals surface area (Å²) in [5.74, 6) is 1.02. The maximum atomic E-state index is 12.1. The van der Waals surface area contributed by atoms with E-state index in [9.17, 15) is 4.57 Å². The molecule has 0 unspecified atom stereocenters. The molecule has 0 saturated carbocycles. The van der Waals surface area contributed by atoms with Crippen LogP contribution in [-0.2, 0) is 13.6 Å². The zero-order chi connectivity index (χ0) is 11.7. The van der Waals surface area contributed by atoms with E-state index in [-0.39, 0.29) is 0 Å². The maximum absolute atomic E-state index is 12.1. The van der Waals surface area contributed by atoms with Crippen LogP contribution in [0.1, 0.15) is 27.7 Å². The predicted octanol–water partition coefficient (Wildman–Crippen LogP) is 3.91. The fourth-order valence-electron chi connectivity index (χ4n) is 1.09. The van der Waals surface area contributed by atoms with E-state index in [4.69, 9.17) is 9.05 Å². The Morgan fingerprint density at radius 3 is 2.20 bits per heavy atom. The third kappa shape index (κ3) is 7.18. The molecule has 0 spiro atoms. The highest BCUT2D eigenvalue weighted by molar-refractivity contribution is 8.02. The fraction of sp³-hybridized carbons (Fsp3) is 0.800. The largest absolute Gasteiger partial charge is 0.334 e. The Kier molecular flexibility index (Phi) is 8.53. The minimum Gasteiger partial charge on any atom is -0.309 e. The second kappa shape index (κ2) is 8.40. The minimum absolute atomic E-state index is 0.391. The topological polar surface area (TPSA) is 35.5 Å².